The average Bonchev–Trinajstić information content (AvgIpc) is 2.42. The zero-order chi connectivity index (χ0) is 12.4. The molecule has 0 fully saturated rings. The maximum atomic E-state index is 3.00. The second-order valence-corrected chi connectivity index (χ2v) is 3.37. The van der Waals surface area contributed by atoms with E-state index in [-0.39, 0.29) is 0 Å². The van der Waals surface area contributed by atoms with Crippen LogP contribution in [0.5, 0.6) is 0 Å². The van der Waals surface area contributed by atoms with Gasteiger partial charge in [-0.05, 0) is 18.4 Å². The zero-order valence-electron chi connectivity index (χ0n) is 10.9. The van der Waals surface area contributed by atoms with Gasteiger partial charge >= 0.3 is 0 Å². The van der Waals surface area contributed by atoms with Gasteiger partial charge in [0.15, 0.2) is 0 Å². The van der Waals surface area contributed by atoms with Crippen LogP contribution in [0.3, 0.4) is 0 Å². The van der Waals surface area contributed by atoms with Crippen molar-refractivity contribution >= 4 is 0 Å². The molecule has 1 atom stereocenters. The summed E-state index contributed by atoms with van der Waals surface area (Å²) in [6.07, 6.45) is 15.8. The topological polar surface area (TPSA) is 0 Å². The van der Waals surface area contributed by atoms with Gasteiger partial charge in [-0.25, -0.2) is 0 Å². The number of rotatable bonds is 1. The van der Waals surface area contributed by atoms with Gasteiger partial charge in [0.05, 0.1) is 0 Å². The van der Waals surface area contributed by atoms with Gasteiger partial charge in [0, 0.05) is 5.92 Å². The Morgan fingerprint density at radius 3 is 2.56 bits per heavy atom. The highest BCUT2D eigenvalue weighted by molar-refractivity contribution is 5.41. The van der Waals surface area contributed by atoms with Crippen molar-refractivity contribution < 1.29 is 0 Å². The van der Waals surface area contributed by atoms with Crippen LogP contribution in [0, 0.1) is 5.92 Å². The molecule has 0 aromatic carbocycles. The number of fused-ring (bicyclic) bond motifs is 1. The molecule has 88 valence electrons. The highest BCUT2D eigenvalue weighted by Gasteiger charge is 2.13. The lowest BCUT2D eigenvalue weighted by Crippen LogP contribution is -2.05. The third-order valence-electron chi connectivity index (χ3n) is 2.56. The Kier molecular flexibility index (Phi) is 8.24. The number of hydrogen-bond donors (Lipinski definition) is 0. The van der Waals surface area contributed by atoms with Gasteiger partial charge in [0.2, 0.25) is 0 Å². The van der Waals surface area contributed by atoms with Gasteiger partial charge in [-0.1, -0.05) is 62.8 Å². The van der Waals surface area contributed by atoms with E-state index in [1.807, 2.05) is 13.8 Å². The van der Waals surface area contributed by atoms with Crippen molar-refractivity contribution in [2.24, 2.45) is 5.92 Å². The Morgan fingerprint density at radius 1 is 1.25 bits per heavy atom. The highest BCUT2D eigenvalue weighted by Crippen LogP contribution is 2.29. The summed E-state index contributed by atoms with van der Waals surface area (Å²) in [5.41, 5.74) is 2.95. The van der Waals surface area contributed by atoms with E-state index in [0.717, 1.165) is 6.42 Å². The maximum Gasteiger partial charge on any atom is 0.00584 e. The predicted molar refractivity (Wildman–Crippen MR) is 75.4 cm³/mol. The third-order valence-corrected chi connectivity index (χ3v) is 2.56. The van der Waals surface area contributed by atoms with Crippen molar-refractivity contribution in [2.45, 2.75) is 33.6 Å². The fourth-order valence-corrected chi connectivity index (χ4v) is 1.76. The van der Waals surface area contributed by atoms with Crippen LogP contribution in [0.25, 0.3) is 0 Å². The van der Waals surface area contributed by atoms with E-state index in [1.54, 1.807) is 0 Å². The summed E-state index contributed by atoms with van der Waals surface area (Å²) in [5, 5.41) is 0. The standard InChI is InChI=1S/C12H14.C2H6.C2H4/c1-2-10-7-8-11-5-3-4-6-12(11)9-10;2*1-2/h3-5,7-9,12H,2,6H2,1H3;1-2H3;1-2H2. The maximum absolute atomic E-state index is 3.00. The molecule has 0 aliphatic heterocycles. The first-order valence-electron chi connectivity index (χ1n) is 6.15. The van der Waals surface area contributed by atoms with Crippen LogP contribution < -0.4 is 0 Å². The second kappa shape index (κ2) is 8.96. The number of allylic oxidation sites excluding steroid dienone is 8. The minimum atomic E-state index is 0.662. The normalized spacial score (nSPS) is 20.3. The lowest BCUT2D eigenvalue weighted by atomic mass is 9.85. The van der Waals surface area contributed by atoms with Crippen LogP contribution in [0.4, 0.5) is 0 Å². The minimum absolute atomic E-state index is 0.662. The van der Waals surface area contributed by atoms with E-state index in [2.05, 4.69) is 56.5 Å². The Morgan fingerprint density at radius 2 is 1.94 bits per heavy atom. The number of hydrogen-bond acceptors (Lipinski definition) is 0. The molecule has 0 radical (unpaired) electrons. The van der Waals surface area contributed by atoms with E-state index in [0.29, 0.717) is 5.92 Å². The molecule has 2 aliphatic carbocycles. The van der Waals surface area contributed by atoms with Crippen LogP contribution in [0.1, 0.15) is 33.6 Å². The molecule has 0 heterocycles. The quantitative estimate of drug-likeness (QED) is 0.527. The molecule has 2 rings (SSSR count). The molecule has 16 heavy (non-hydrogen) atoms. The first-order chi connectivity index (χ1) is 7.90. The lowest BCUT2D eigenvalue weighted by Gasteiger charge is -2.20. The van der Waals surface area contributed by atoms with Crippen molar-refractivity contribution in [3.8, 4) is 0 Å². The highest BCUT2D eigenvalue weighted by atomic mass is 14.2. The van der Waals surface area contributed by atoms with Gasteiger partial charge in [-0.2, -0.15) is 0 Å². The van der Waals surface area contributed by atoms with Crippen LogP contribution in [0.15, 0.2) is 60.8 Å². The van der Waals surface area contributed by atoms with Crippen molar-refractivity contribution in [3.63, 3.8) is 0 Å². The van der Waals surface area contributed by atoms with Gasteiger partial charge in [-0.3, -0.25) is 0 Å². The van der Waals surface area contributed by atoms with Crippen molar-refractivity contribution in [2.75, 3.05) is 0 Å². The minimum Gasteiger partial charge on any atom is -0.106 e. The Hall–Kier alpha value is -1.30. The van der Waals surface area contributed by atoms with Crippen molar-refractivity contribution in [3.05, 3.63) is 60.8 Å². The molecule has 0 saturated heterocycles. The molecule has 0 spiro atoms. The average molecular weight is 216 g/mol. The van der Waals surface area contributed by atoms with Crippen LogP contribution in [-0.4, -0.2) is 0 Å². The summed E-state index contributed by atoms with van der Waals surface area (Å²) in [6.45, 7) is 12.2. The summed E-state index contributed by atoms with van der Waals surface area (Å²) >= 11 is 0. The second-order valence-electron chi connectivity index (χ2n) is 3.37. The molecule has 1 unspecified atom stereocenters. The largest absolute Gasteiger partial charge is 0.106 e. The smallest absolute Gasteiger partial charge is 0.00584 e. The SMILES string of the molecule is C=C.CC.CCC1=CC2CC=CC=C2C=C1. The lowest BCUT2D eigenvalue weighted by molar-refractivity contribution is 0.767. The molecule has 0 aromatic rings. The predicted octanol–water partition coefficient (Wildman–Crippen LogP) is 5.22. The third kappa shape index (κ3) is 4.06. The van der Waals surface area contributed by atoms with Gasteiger partial charge in [-0.15, -0.1) is 13.2 Å². The molecular weight excluding hydrogens is 192 g/mol. The zero-order valence-corrected chi connectivity index (χ0v) is 10.9. The fraction of sp³-hybridized carbons (Fsp3) is 0.375. The summed E-state index contributed by atoms with van der Waals surface area (Å²) in [6, 6.07) is 0. The van der Waals surface area contributed by atoms with Gasteiger partial charge < -0.3 is 0 Å². The Bertz CT molecular complexity index is 300. The van der Waals surface area contributed by atoms with Crippen LogP contribution in [-0.2, 0) is 0 Å². The van der Waals surface area contributed by atoms with E-state index in [4.69, 9.17) is 0 Å². The summed E-state index contributed by atoms with van der Waals surface area (Å²) in [4.78, 5) is 0. The molecular formula is C16H24. The van der Waals surface area contributed by atoms with Crippen LogP contribution >= 0.6 is 0 Å². The molecule has 0 saturated carbocycles. The first-order valence-corrected chi connectivity index (χ1v) is 6.15. The Labute approximate surface area is 101 Å². The van der Waals surface area contributed by atoms with E-state index < -0.39 is 0 Å². The molecule has 0 nitrogen and oxygen atoms in total. The summed E-state index contributed by atoms with van der Waals surface area (Å²) < 4.78 is 0. The molecule has 2 aliphatic rings. The van der Waals surface area contributed by atoms with Crippen LogP contribution in [0.2, 0.25) is 0 Å². The molecule has 0 amide bonds. The van der Waals surface area contributed by atoms with E-state index in [1.165, 1.54) is 17.6 Å². The van der Waals surface area contributed by atoms with E-state index >= 15 is 0 Å². The van der Waals surface area contributed by atoms with Gasteiger partial charge in [0.1, 0.15) is 0 Å². The summed E-state index contributed by atoms with van der Waals surface area (Å²) in [7, 11) is 0. The monoisotopic (exact) mass is 216 g/mol. The van der Waals surface area contributed by atoms with Crippen molar-refractivity contribution in [1.82, 2.24) is 0 Å². The molecule has 0 N–H and O–H groups in total. The molecule has 0 aromatic heterocycles. The van der Waals surface area contributed by atoms with E-state index in [9.17, 15) is 0 Å². The first kappa shape index (κ1) is 14.7. The van der Waals surface area contributed by atoms with Gasteiger partial charge in [0.25, 0.3) is 0 Å². The summed E-state index contributed by atoms with van der Waals surface area (Å²) in [5.74, 6) is 0.662. The van der Waals surface area contributed by atoms with Crippen molar-refractivity contribution in [1.29, 1.82) is 0 Å². The Balaban J connectivity index is 0.000000509. The molecule has 0 bridgehead atoms. The molecule has 0 heteroatoms. The fourth-order valence-electron chi connectivity index (χ4n) is 1.76.